The fourth-order valence-corrected chi connectivity index (χ4v) is 3.04. The second-order valence-corrected chi connectivity index (χ2v) is 6.72. The summed E-state index contributed by atoms with van der Waals surface area (Å²) in [5.74, 6) is 1.43. The predicted octanol–water partition coefficient (Wildman–Crippen LogP) is 5.70. The number of ether oxygens (including phenoxy) is 2. The van der Waals surface area contributed by atoms with Crippen molar-refractivity contribution < 1.29 is 13.9 Å². The third-order valence-electron chi connectivity index (χ3n) is 4.47. The van der Waals surface area contributed by atoms with Gasteiger partial charge in [0.2, 0.25) is 0 Å². The molecule has 0 aliphatic rings. The lowest BCUT2D eigenvalue weighted by atomic mass is 10.1. The lowest BCUT2D eigenvalue weighted by Crippen LogP contribution is -2.05. The number of hydrogen-bond acceptors (Lipinski definition) is 4. The molecule has 0 aliphatic carbocycles. The molecule has 0 saturated carbocycles. The maximum absolute atomic E-state index is 12.8. The topological polar surface area (TPSA) is 48.7 Å². The third-order valence-corrected chi connectivity index (χ3v) is 4.72. The molecule has 1 heterocycles. The Balaban J connectivity index is 1.58. The van der Waals surface area contributed by atoms with Gasteiger partial charge in [-0.3, -0.25) is 4.79 Å². The lowest BCUT2D eigenvalue weighted by Gasteiger charge is -2.08. The highest BCUT2D eigenvalue weighted by atomic mass is 35.5. The first-order valence-electron chi connectivity index (χ1n) is 8.71. The molecule has 0 N–H and O–H groups in total. The standard InChI is InChI=1S/C23H17ClO4/c1-26-18-8-2-15(3-9-18)13-27-19-10-11-20-22(12-19)28-14-21(23(20)25)16-4-6-17(24)7-5-16/h2-12,14H,13H2,1H3. The van der Waals surface area contributed by atoms with Crippen LogP contribution in [0.2, 0.25) is 5.02 Å². The minimum Gasteiger partial charge on any atom is -0.497 e. The van der Waals surface area contributed by atoms with Crippen molar-refractivity contribution >= 4 is 22.6 Å². The molecule has 4 nitrogen and oxygen atoms in total. The summed E-state index contributed by atoms with van der Waals surface area (Å²) in [5, 5.41) is 1.12. The number of methoxy groups -OCH3 is 1. The van der Waals surface area contributed by atoms with E-state index in [1.165, 1.54) is 6.26 Å². The second-order valence-electron chi connectivity index (χ2n) is 6.28. The molecule has 1 aromatic heterocycles. The summed E-state index contributed by atoms with van der Waals surface area (Å²) in [7, 11) is 1.63. The Bertz CT molecular complexity index is 1160. The van der Waals surface area contributed by atoms with Gasteiger partial charge in [0.15, 0.2) is 5.43 Å². The molecule has 0 bridgehead atoms. The van der Waals surface area contributed by atoms with Crippen molar-refractivity contribution in [2.45, 2.75) is 6.61 Å². The molecular weight excluding hydrogens is 376 g/mol. The van der Waals surface area contributed by atoms with E-state index in [1.54, 1.807) is 49.6 Å². The van der Waals surface area contributed by atoms with Crippen molar-refractivity contribution in [2.75, 3.05) is 7.11 Å². The van der Waals surface area contributed by atoms with Crippen LogP contribution in [-0.4, -0.2) is 7.11 Å². The first kappa shape index (κ1) is 18.1. The SMILES string of the molecule is COc1ccc(COc2ccc3c(=O)c(-c4ccc(Cl)cc4)coc3c2)cc1. The van der Waals surface area contributed by atoms with Crippen molar-refractivity contribution in [3.8, 4) is 22.6 Å². The molecule has 0 unspecified atom stereocenters. The number of benzene rings is 3. The van der Waals surface area contributed by atoms with Crippen molar-refractivity contribution in [1.82, 2.24) is 0 Å². The summed E-state index contributed by atoms with van der Waals surface area (Å²) in [6.45, 7) is 0.405. The lowest BCUT2D eigenvalue weighted by molar-refractivity contribution is 0.306. The van der Waals surface area contributed by atoms with E-state index in [0.29, 0.717) is 33.9 Å². The first-order valence-corrected chi connectivity index (χ1v) is 9.09. The highest BCUT2D eigenvalue weighted by molar-refractivity contribution is 6.30. The Morgan fingerprint density at radius 2 is 1.64 bits per heavy atom. The Morgan fingerprint density at radius 1 is 0.929 bits per heavy atom. The van der Waals surface area contributed by atoms with Gasteiger partial charge in [0.25, 0.3) is 0 Å². The largest absolute Gasteiger partial charge is 0.497 e. The molecule has 0 aliphatic heterocycles. The monoisotopic (exact) mass is 392 g/mol. The van der Waals surface area contributed by atoms with E-state index in [1.807, 2.05) is 24.3 Å². The fourth-order valence-electron chi connectivity index (χ4n) is 2.92. The van der Waals surface area contributed by atoms with E-state index < -0.39 is 0 Å². The van der Waals surface area contributed by atoms with Gasteiger partial charge in [-0.15, -0.1) is 0 Å². The quantitative estimate of drug-likeness (QED) is 0.437. The van der Waals surface area contributed by atoms with Gasteiger partial charge in [-0.05, 0) is 47.5 Å². The maximum atomic E-state index is 12.8. The van der Waals surface area contributed by atoms with Crippen LogP contribution in [-0.2, 0) is 6.61 Å². The fraction of sp³-hybridized carbons (Fsp3) is 0.0870. The molecule has 28 heavy (non-hydrogen) atoms. The van der Waals surface area contributed by atoms with Crippen LogP contribution in [0, 0.1) is 0 Å². The molecule has 0 fully saturated rings. The molecular formula is C23H17ClO4. The van der Waals surface area contributed by atoms with Crippen LogP contribution in [0.4, 0.5) is 0 Å². The zero-order chi connectivity index (χ0) is 19.5. The van der Waals surface area contributed by atoms with Crippen LogP contribution in [0.25, 0.3) is 22.1 Å². The summed E-state index contributed by atoms with van der Waals surface area (Å²) in [5.41, 5.74) is 2.66. The molecule has 5 heteroatoms. The average Bonchev–Trinajstić information content (AvgIpc) is 2.74. The predicted molar refractivity (Wildman–Crippen MR) is 110 cm³/mol. The van der Waals surface area contributed by atoms with Crippen molar-refractivity contribution in [1.29, 1.82) is 0 Å². The molecule has 0 spiro atoms. The Morgan fingerprint density at radius 3 is 2.36 bits per heavy atom. The number of fused-ring (bicyclic) bond motifs is 1. The van der Waals surface area contributed by atoms with Gasteiger partial charge in [0.1, 0.15) is 30.0 Å². The van der Waals surface area contributed by atoms with E-state index in [0.717, 1.165) is 16.9 Å². The van der Waals surface area contributed by atoms with Gasteiger partial charge < -0.3 is 13.9 Å². The zero-order valence-corrected chi connectivity index (χ0v) is 15.9. The van der Waals surface area contributed by atoms with Crippen molar-refractivity contribution in [3.63, 3.8) is 0 Å². The Labute approximate surface area is 166 Å². The Kier molecular flexibility index (Phi) is 5.04. The van der Waals surface area contributed by atoms with E-state index >= 15 is 0 Å². The maximum Gasteiger partial charge on any atom is 0.200 e. The van der Waals surface area contributed by atoms with Gasteiger partial charge in [0.05, 0.1) is 18.1 Å². The van der Waals surface area contributed by atoms with Gasteiger partial charge in [0, 0.05) is 11.1 Å². The first-order chi connectivity index (χ1) is 13.6. The van der Waals surface area contributed by atoms with Crippen molar-refractivity contribution in [2.24, 2.45) is 0 Å². The summed E-state index contributed by atoms with van der Waals surface area (Å²) in [4.78, 5) is 12.8. The minimum absolute atomic E-state index is 0.0923. The summed E-state index contributed by atoms with van der Waals surface area (Å²) < 4.78 is 16.7. The molecule has 0 radical (unpaired) electrons. The molecule has 0 saturated heterocycles. The summed E-state index contributed by atoms with van der Waals surface area (Å²) in [6, 6.07) is 20.0. The Hall–Kier alpha value is -3.24. The molecule has 4 aromatic rings. The van der Waals surface area contributed by atoms with Crippen LogP contribution in [0.5, 0.6) is 11.5 Å². The van der Waals surface area contributed by atoms with E-state index in [-0.39, 0.29) is 5.43 Å². The van der Waals surface area contributed by atoms with Gasteiger partial charge >= 0.3 is 0 Å². The van der Waals surface area contributed by atoms with Crippen molar-refractivity contribution in [3.05, 3.63) is 93.8 Å². The number of rotatable bonds is 5. The molecule has 140 valence electrons. The van der Waals surface area contributed by atoms with Crippen LogP contribution < -0.4 is 14.9 Å². The molecule has 0 amide bonds. The summed E-state index contributed by atoms with van der Waals surface area (Å²) >= 11 is 5.92. The highest BCUT2D eigenvalue weighted by Crippen LogP contribution is 2.24. The smallest absolute Gasteiger partial charge is 0.200 e. The number of hydrogen-bond donors (Lipinski definition) is 0. The van der Waals surface area contributed by atoms with Crippen LogP contribution >= 0.6 is 11.6 Å². The molecule has 3 aromatic carbocycles. The second kappa shape index (κ2) is 7.79. The molecule has 4 rings (SSSR count). The third kappa shape index (κ3) is 3.73. The van der Waals surface area contributed by atoms with E-state index in [9.17, 15) is 4.79 Å². The number of halogens is 1. The van der Waals surface area contributed by atoms with Crippen LogP contribution in [0.1, 0.15) is 5.56 Å². The van der Waals surface area contributed by atoms with Crippen LogP contribution in [0.15, 0.2) is 82.2 Å². The van der Waals surface area contributed by atoms with Gasteiger partial charge in [-0.2, -0.15) is 0 Å². The summed E-state index contributed by atoms with van der Waals surface area (Å²) in [6.07, 6.45) is 1.47. The molecule has 0 atom stereocenters. The van der Waals surface area contributed by atoms with Crippen LogP contribution in [0.3, 0.4) is 0 Å². The average molecular weight is 393 g/mol. The highest BCUT2D eigenvalue weighted by Gasteiger charge is 2.10. The normalized spacial score (nSPS) is 10.8. The van der Waals surface area contributed by atoms with E-state index in [2.05, 4.69) is 0 Å². The van der Waals surface area contributed by atoms with Gasteiger partial charge in [-0.1, -0.05) is 35.9 Å². The van der Waals surface area contributed by atoms with E-state index in [4.69, 9.17) is 25.5 Å². The minimum atomic E-state index is -0.0923. The van der Waals surface area contributed by atoms with Gasteiger partial charge in [-0.25, -0.2) is 0 Å². The zero-order valence-electron chi connectivity index (χ0n) is 15.1.